The van der Waals surface area contributed by atoms with Gasteiger partial charge in [-0.05, 0) is 49.2 Å². The highest BCUT2D eigenvalue weighted by molar-refractivity contribution is 9.10. The van der Waals surface area contributed by atoms with E-state index >= 15 is 0 Å². The zero-order valence-corrected chi connectivity index (χ0v) is 15.4. The second-order valence-electron chi connectivity index (χ2n) is 5.99. The lowest BCUT2D eigenvalue weighted by Gasteiger charge is -2.16. The van der Waals surface area contributed by atoms with Crippen LogP contribution in [-0.2, 0) is 4.79 Å². The summed E-state index contributed by atoms with van der Waals surface area (Å²) in [6.45, 7) is 1.78. The Balaban J connectivity index is 1.56. The highest BCUT2D eigenvalue weighted by Gasteiger charge is 2.19. The van der Waals surface area contributed by atoms with Gasteiger partial charge in [0.1, 0.15) is 0 Å². The number of hydrogen-bond acceptors (Lipinski definition) is 3. The highest BCUT2D eigenvalue weighted by Crippen LogP contribution is 2.17. The summed E-state index contributed by atoms with van der Waals surface area (Å²) in [6.07, 6.45) is 2.14. The van der Waals surface area contributed by atoms with Crippen LogP contribution in [-0.4, -0.2) is 36.3 Å². The van der Waals surface area contributed by atoms with Crippen molar-refractivity contribution in [3.63, 3.8) is 0 Å². The maximum Gasteiger partial charge on any atom is 0.253 e. The van der Waals surface area contributed by atoms with Crippen molar-refractivity contribution in [3.8, 4) is 0 Å². The molecule has 2 amide bonds. The van der Waals surface area contributed by atoms with Crippen molar-refractivity contribution >= 4 is 39.1 Å². The van der Waals surface area contributed by atoms with Gasteiger partial charge >= 0.3 is 0 Å². The zero-order valence-electron chi connectivity index (χ0n) is 13.8. The molecule has 130 valence electrons. The summed E-state index contributed by atoms with van der Waals surface area (Å²) in [5.74, 6) is -0.0888. The molecule has 0 spiro atoms. The van der Waals surface area contributed by atoms with Crippen LogP contribution < -0.4 is 10.6 Å². The minimum absolute atomic E-state index is 0.0553. The molecule has 2 aromatic carbocycles. The van der Waals surface area contributed by atoms with Gasteiger partial charge in [0.2, 0.25) is 5.91 Å². The summed E-state index contributed by atoms with van der Waals surface area (Å²) in [5.41, 5.74) is 2.15. The Morgan fingerprint density at radius 1 is 1.00 bits per heavy atom. The quantitative estimate of drug-likeness (QED) is 0.801. The predicted octanol–water partition coefficient (Wildman–Crippen LogP) is 3.74. The Labute approximate surface area is 155 Å². The van der Waals surface area contributed by atoms with Gasteiger partial charge in [-0.3, -0.25) is 9.59 Å². The molecule has 1 saturated heterocycles. The van der Waals surface area contributed by atoms with Gasteiger partial charge in [0, 0.05) is 34.5 Å². The Kier molecular flexibility index (Phi) is 5.71. The number of nitrogens with zero attached hydrogens (tertiary/aromatic N) is 1. The average molecular weight is 402 g/mol. The average Bonchev–Trinajstić information content (AvgIpc) is 3.14. The number of hydrogen-bond donors (Lipinski definition) is 2. The van der Waals surface area contributed by atoms with Crippen LogP contribution in [0.5, 0.6) is 0 Å². The fourth-order valence-corrected chi connectivity index (χ4v) is 3.22. The number of carbonyl (C=O) groups excluding carboxylic acids is 2. The molecule has 0 atom stereocenters. The van der Waals surface area contributed by atoms with Gasteiger partial charge in [-0.25, -0.2) is 0 Å². The Hall–Kier alpha value is -2.34. The van der Waals surface area contributed by atoms with E-state index in [0.29, 0.717) is 5.56 Å². The molecule has 0 saturated carbocycles. The van der Waals surface area contributed by atoms with Crippen molar-refractivity contribution < 1.29 is 9.59 Å². The number of rotatable bonds is 5. The molecule has 2 N–H and O–H groups in total. The van der Waals surface area contributed by atoms with Crippen molar-refractivity contribution in [2.75, 3.05) is 30.3 Å². The molecule has 1 aliphatic rings. The normalized spacial score (nSPS) is 13.6. The summed E-state index contributed by atoms with van der Waals surface area (Å²) < 4.78 is 0.909. The van der Waals surface area contributed by atoms with Crippen LogP contribution in [0, 0.1) is 0 Å². The fourth-order valence-electron chi connectivity index (χ4n) is 2.82. The lowest BCUT2D eigenvalue weighted by Crippen LogP contribution is -2.27. The SMILES string of the molecule is O=C(CNc1cccc(C(=O)N2CCCC2)c1)Nc1cccc(Br)c1. The van der Waals surface area contributed by atoms with Crippen molar-refractivity contribution in [1.82, 2.24) is 4.90 Å². The number of amides is 2. The fraction of sp³-hybridized carbons (Fsp3) is 0.263. The van der Waals surface area contributed by atoms with Gasteiger partial charge in [-0.1, -0.05) is 28.1 Å². The molecule has 6 heteroatoms. The van der Waals surface area contributed by atoms with Crippen LogP contribution in [0.1, 0.15) is 23.2 Å². The first-order chi connectivity index (χ1) is 12.1. The number of anilines is 2. The van der Waals surface area contributed by atoms with E-state index in [2.05, 4.69) is 26.6 Å². The first-order valence-electron chi connectivity index (χ1n) is 8.30. The van der Waals surface area contributed by atoms with E-state index in [1.54, 1.807) is 6.07 Å². The topological polar surface area (TPSA) is 61.4 Å². The van der Waals surface area contributed by atoms with Crippen molar-refractivity contribution in [2.45, 2.75) is 12.8 Å². The number of halogens is 1. The van der Waals surface area contributed by atoms with Crippen LogP contribution in [0.25, 0.3) is 0 Å². The number of nitrogens with one attached hydrogen (secondary N) is 2. The third-order valence-electron chi connectivity index (χ3n) is 4.06. The molecule has 1 fully saturated rings. The number of likely N-dealkylation sites (tertiary alicyclic amines) is 1. The Bertz CT molecular complexity index is 773. The maximum absolute atomic E-state index is 12.4. The third kappa shape index (κ3) is 4.82. The van der Waals surface area contributed by atoms with E-state index in [1.807, 2.05) is 47.4 Å². The summed E-state index contributed by atoms with van der Waals surface area (Å²) >= 11 is 3.37. The van der Waals surface area contributed by atoms with Gasteiger partial charge in [-0.2, -0.15) is 0 Å². The maximum atomic E-state index is 12.4. The van der Waals surface area contributed by atoms with E-state index < -0.39 is 0 Å². The molecule has 0 aromatic heterocycles. The lowest BCUT2D eigenvalue weighted by molar-refractivity contribution is -0.114. The van der Waals surface area contributed by atoms with Crippen molar-refractivity contribution in [3.05, 3.63) is 58.6 Å². The van der Waals surface area contributed by atoms with Gasteiger partial charge in [0.05, 0.1) is 6.54 Å². The molecule has 2 aromatic rings. The molecule has 0 bridgehead atoms. The van der Waals surface area contributed by atoms with Crippen LogP contribution in [0.15, 0.2) is 53.0 Å². The summed E-state index contributed by atoms with van der Waals surface area (Å²) in [6, 6.07) is 14.7. The molecule has 1 aliphatic heterocycles. The number of benzene rings is 2. The summed E-state index contributed by atoms with van der Waals surface area (Å²) in [5, 5.41) is 5.90. The molecule has 5 nitrogen and oxygen atoms in total. The van der Waals surface area contributed by atoms with E-state index in [4.69, 9.17) is 0 Å². The standard InChI is InChI=1S/C19H20BrN3O2/c20-15-6-4-8-17(12-15)22-18(24)13-21-16-7-3-5-14(11-16)19(25)23-9-1-2-10-23/h3-8,11-12,21H,1-2,9-10,13H2,(H,22,24). The second kappa shape index (κ2) is 8.16. The molecule has 0 unspecified atom stereocenters. The smallest absolute Gasteiger partial charge is 0.253 e. The minimum atomic E-state index is -0.144. The van der Waals surface area contributed by atoms with Crippen LogP contribution in [0.3, 0.4) is 0 Å². The van der Waals surface area contributed by atoms with Crippen molar-refractivity contribution in [2.24, 2.45) is 0 Å². The zero-order chi connectivity index (χ0) is 17.6. The summed E-state index contributed by atoms with van der Waals surface area (Å²) in [4.78, 5) is 26.4. The molecule has 0 aliphatic carbocycles. The van der Waals surface area contributed by atoms with Gasteiger partial charge in [0.15, 0.2) is 0 Å². The molecule has 0 radical (unpaired) electrons. The minimum Gasteiger partial charge on any atom is -0.376 e. The molecule has 25 heavy (non-hydrogen) atoms. The first-order valence-corrected chi connectivity index (χ1v) is 9.10. The van der Waals surface area contributed by atoms with Gasteiger partial charge in [0.25, 0.3) is 5.91 Å². The third-order valence-corrected chi connectivity index (χ3v) is 4.56. The Morgan fingerprint density at radius 3 is 2.48 bits per heavy atom. The highest BCUT2D eigenvalue weighted by atomic mass is 79.9. The van der Waals surface area contributed by atoms with Gasteiger partial charge < -0.3 is 15.5 Å². The lowest BCUT2D eigenvalue weighted by atomic mass is 10.1. The van der Waals surface area contributed by atoms with Crippen LogP contribution >= 0.6 is 15.9 Å². The molecule has 3 rings (SSSR count). The van der Waals surface area contributed by atoms with Crippen LogP contribution in [0.4, 0.5) is 11.4 Å². The van der Waals surface area contributed by atoms with Gasteiger partial charge in [-0.15, -0.1) is 0 Å². The Morgan fingerprint density at radius 2 is 1.72 bits per heavy atom. The van der Waals surface area contributed by atoms with E-state index in [0.717, 1.165) is 41.8 Å². The molecular weight excluding hydrogens is 382 g/mol. The largest absolute Gasteiger partial charge is 0.376 e. The van der Waals surface area contributed by atoms with E-state index in [9.17, 15) is 9.59 Å². The van der Waals surface area contributed by atoms with Crippen LogP contribution in [0.2, 0.25) is 0 Å². The molecular formula is C19H20BrN3O2. The molecule has 1 heterocycles. The predicted molar refractivity (Wildman–Crippen MR) is 103 cm³/mol. The summed E-state index contributed by atoms with van der Waals surface area (Å²) in [7, 11) is 0. The first kappa shape index (κ1) is 17.5. The monoisotopic (exact) mass is 401 g/mol. The van der Waals surface area contributed by atoms with Crippen molar-refractivity contribution in [1.29, 1.82) is 0 Å². The second-order valence-corrected chi connectivity index (χ2v) is 6.91. The van der Waals surface area contributed by atoms with E-state index in [-0.39, 0.29) is 18.4 Å². The number of carbonyl (C=O) groups is 2. The van der Waals surface area contributed by atoms with E-state index in [1.165, 1.54) is 0 Å².